The lowest BCUT2D eigenvalue weighted by atomic mass is 9.33. The van der Waals surface area contributed by atoms with Gasteiger partial charge >= 0.3 is 12.1 Å². The van der Waals surface area contributed by atoms with E-state index in [-0.39, 0.29) is 33.1 Å². The van der Waals surface area contributed by atoms with Gasteiger partial charge in [0.05, 0.1) is 5.56 Å². The number of amides is 2. The summed E-state index contributed by atoms with van der Waals surface area (Å²) in [7, 11) is 0. The maximum absolute atomic E-state index is 14.0. The van der Waals surface area contributed by atoms with Crippen LogP contribution in [0, 0.1) is 45.3 Å². The van der Waals surface area contributed by atoms with E-state index >= 15 is 0 Å². The van der Waals surface area contributed by atoms with Gasteiger partial charge in [-0.1, -0.05) is 59.2 Å². The summed E-state index contributed by atoms with van der Waals surface area (Å²) in [6, 6.07) is 7.51. The summed E-state index contributed by atoms with van der Waals surface area (Å²) in [6.45, 7) is 18.3. The first-order valence-corrected chi connectivity index (χ1v) is 19.2. The zero-order valence-electron chi connectivity index (χ0n) is 31.3. The molecular formula is C42H60N2O5. The lowest BCUT2D eigenvalue weighted by Gasteiger charge is -2.72. The van der Waals surface area contributed by atoms with Gasteiger partial charge in [0, 0.05) is 5.54 Å². The number of nitrogens with one attached hydrogen (secondary N) is 2. The molecule has 0 bridgehead atoms. The van der Waals surface area contributed by atoms with Crippen LogP contribution in [-0.4, -0.2) is 39.8 Å². The second kappa shape index (κ2) is 11.1. The highest BCUT2D eigenvalue weighted by molar-refractivity contribution is 5.93. The smallest absolute Gasteiger partial charge is 0.408 e. The van der Waals surface area contributed by atoms with Crippen LogP contribution in [-0.2, 0) is 9.53 Å². The fraction of sp³-hybridized carbons (Fsp3) is 0.738. The summed E-state index contributed by atoms with van der Waals surface area (Å²) in [5, 5.41) is 16.1. The molecule has 0 heterocycles. The molecule has 0 aromatic heterocycles. The number of carbonyl (C=O) groups is 3. The molecule has 5 fully saturated rings. The summed E-state index contributed by atoms with van der Waals surface area (Å²) >= 11 is 0. The number of rotatable bonds is 5. The van der Waals surface area contributed by atoms with Gasteiger partial charge < -0.3 is 20.5 Å². The molecule has 1 aromatic carbocycles. The van der Waals surface area contributed by atoms with Crippen molar-refractivity contribution >= 4 is 23.5 Å². The summed E-state index contributed by atoms with van der Waals surface area (Å²) < 4.78 is 5.53. The number of hydrogen-bond donors (Lipinski definition) is 3. The molecule has 6 aliphatic rings. The van der Waals surface area contributed by atoms with Crippen molar-refractivity contribution in [2.45, 2.75) is 149 Å². The average Bonchev–Trinajstić information content (AvgIpc) is 3.66. The largest absolute Gasteiger partial charge is 0.478 e. The van der Waals surface area contributed by atoms with Crippen molar-refractivity contribution in [1.29, 1.82) is 0 Å². The fourth-order valence-corrected chi connectivity index (χ4v) is 13.1. The Balaban J connectivity index is 1.12. The lowest BCUT2D eigenvalue weighted by molar-refractivity contribution is -0.217. The molecule has 7 heteroatoms. The van der Waals surface area contributed by atoms with Gasteiger partial charge in [0.15, 0.2) is 0 Å². The molecule has 7 nitrogen and oxygen atoms in total. The molecule has 3 N–H and O–H groups in total. The van der Waals surface area contributed by atoms with E-state index in [1.54, 1.807) is 12.1 Å². The van der Waals surface area contributed by atoms with Crippen molar-refractivity contribution in [3.63, 3.8) is 0 Å². The monoisotopic (exact) mass is 672 g/mol. The number of ether oxygens (including phenoxy) is 1. The first-order chi connectivity index (χ1) is 22.8. The van der Waals surface area contributed by atoms with Crippen LogP contribution in [0.5, 0.6) is 0 Å². The van der Waals surface area contributed by atoms with Crippen molar-refractivity contribution in [3.8, 4) is 0 Å². The van der Waals surface area contributed by atoms with Crippen LogP contribution >= 0.6 is 0 Å². The van der Waals surface area contributed by atoms with Crippen molar-refractivity contribution in [3.05, 3.63) is 41.5 Å². The molecule has 0 spiro atoms. The SMILES string of the molecule is CC(C)(C)OC(=O)NC1(C(=O)N[C@]23CCCC2[C@H]2CCC4[C@@]5(C)CC=C(c6ccc(C(=O)O)cc6)C(C)(C)C5CC[C@@]4(C)[C@]2(C)CC3)CC1. The molecule has 49 heavy (non-hydrogen) atoms. The maximum Gasteiger partial charge on any atom is 0.408 e. The predicted octanol–water partition coefficient (Wildman–Crippen LogP) is 9.16. The summed E-state index contributed by atoms with van der Waals surface area (Å²) in [5.41, 5.74) is 1.85. The molecule has 2 amide bonds. The molecular weight excluding hydrogens is 612 g/mol. The van der Waals surface area contributed by atoms with Crippen molar-refractivity contribution in [1.82, 2.24) is 10.6 Å². The van der Waals surface area contributed by atoms with E-state index in [2.05, 4.69) is 51.3 Å². The van der Waals surface area contributed by atoms with Crippen molar-refractivity contribution < 1.29 is 24.2 Å². The van der Waals surface area contributed by atoms with Gasteiger partial charge in [0.1, 0.15) is 11.1 Å². The molecule has 3 unspecified atom stereocenters. The van der Waals surface area contributed by atoms with Crippen LogP contribution in [0.15, 0.2) is 30.3 Å². The quantitative estimate of drug-likeness (QED) is 0.289. The predicted molar refractivity (Wildman–Crippen MR) is 192 cm³/mol. The van der Waals surface area contributed by atoms with Crippen molar-refractivity contribution in [2.24, 2.45) is 45.3 Å². The average molecular weight is 673 g/mol. The van der Waals surface area contributed by atoms with Gasteiger partial charge in [-0.25, -0.2) is 9.59 Å². The van der Waals surface area contributed by atoms with Crippen LogP contribution in [0.25, 0.3) is 5.57 Å². The second-order valence-electron chi connectivity index (χ2n) is 19.4. The lowest BCUT2D eigenvalue weighted by Crippen LogP contribution is -2.68. The normalized spacial score (nSPS) is 40.0. The Morgan fingerprint density at radius 1 is 0.776 bits per heavy atom. The molecule has 7 rings (SSSR count). The highest BCUT2D eigenvalue weighted by Crippen LogP contribution is 2.76. The number of hydrogen-bond acceptors (Lipinski definition) is 4. The molecule has 268 valence electrons. The van der Waals surface area contributed by atoms with E-state index in [0.717, 1.165) is 37.7 Å². The van der Waals surface area contributed by atoms with E-state index in [1.807, 2.05) is 32.9 Å². The van der Waals surface area contributed by atoms with Gasteiger partial charge in [-0.2, -0.15) is 0 Å². The van der Waals surface area contributed by atoms with Gasteiger partial charge in [-0.3, -0.25) is 4.79 Å². The van der Waals surface area contributed by atoms with Crippen LogP contribution in [0.3, 0.4) is 0 Å². The van der Waals surface area contributed by atoms with Crippen LogP contribution in [0.2, 0.25) is 0 Å². The van der Waals surface area contributed by atoms with Crippen LogP contribution < -0.4 is 10.6 Å². The number of allylic oxidation sites excluding steroid dienone is 2. The Labute approximate surface area is 293 Å². The Bertz CT molecular complexity index is 1570. The van der Waals surface area contributed by atoms with E-state index < -0.39 is 23.2 Å². The van der Waals surface area contributed by atoms with Gasteiger partial charge in [0.2, 0.25) is 5.91 Å². The van der Waals surface area contributed by atoms with E-state index in [1.165, 1.54) is 37.7 Å². The minimum absolute atomic E-state index is 0.00796. The Morgan fingerprint density at radius 3 is 2.10 bits per heavy atom. The van der Waals surface area contributed by atoms with Gasteiger partial charge in [-0.05, 0) is 160 Å². The number of carbonyl (C=O) groups excluding carboxylic acids is 2. The Hall–Kier alpha value is -2.83. The zero-order chi connectivity index (χ0) is 35.4. The number of benzene rings is 1. The molecule has 1 aromatic rings. The first-order valence-electron chi connectivity index (χ1n) is 19.2. The number of aromatic carboxylic acids is 1. The number of carboxylic acid groups (broad SMARTS) is 1. The minimum atomic E-state index is -0.881. The summed E-state index contributed by atoms with van der Waals surface area (Å²) in [4.78, 5) is 38.2. The number of alkyl carbamates (subject to hydrolysis) is 1. The third-order valence-corrected chi connectivity index (χ3v) is 15.7. The molecule has 6 aliphatic carbocycles. The number of fused-ring (bicyclic) bond motifs is 7. The van der Waals surface area contributed by atoms with E-state index in [0.29, 0.717) is 42.1 Å². The standard InChI is InChI=1S/C42H60N2O5/c1-36(2,3)49-35(48)44-42(24-25-42)34(47)43-41-19-9-10-30(41)29-15-16-32-38(6)20-17-28(26-11-13-27(14-12-26)33(45)46)37(4,5)31(38)18-21-40(32,8)39(29,7)22-23-41/h11-14,17,29-32H,9-10,15-16,18-25H2,1-8H3,(H,43,47)(H,44,48)(H,45,46)/t29-,30?,31?,32?,38+,39-,40-,41+/m1/s1. The second-order valence-corrected chi connectivity index (χ2v) is 19.4. The number of carboxylic acids is 1. The third-order valence-electron chi connectivity index (χ3n) is 15.7. The first kappa shape index (κ1) is 34.6. The molecule has 8 atom stereocenters. The third kappa shape index (κ3) is 5.21. The van der Waals surface area contributed by atoms with Crippen molar-refractivity contribution in [2.75, 3.05) is 0 Å². The van der Waals surface area contributed by atoms with E-state index in [9.17, 15) is 19.5 Å². The summed E-state index contributed by atoms with van der Waals surface area (Å²) in [5.74, 6) is 1.34. The fourth-order valence-electron chi connectivity index (χ4n) is 13.1. The Morgan fingerprint density at radius 2 is 1.47 bits per heavy atom. The van der Waals surface area contributed by atoms with Crippen LogP contribution in [0.1, 0.15) is 148 Å². The molecule has 0 aliphatic heterocycles. The molecule has 5 saturated carbocycles. The topological polar surface area (TPSA) is 105 Å². The minimum Gasteiger partial charge on any atom is -0.478 e. The molecule has 0 saturated heterocycles. The van der Waals surface area contributed by atoms with E-state index in [4.69, 9.17) is 4.74 Å². The maximum atomic E-state index is 14.0. The molecule has 0 radical (unpaired) electrons. The summed E-state index contributed by atoms with van der Waals surface area (Å²) in [6.07, 6.45) is 14.8. The van der Waals surface area contributed by atoms with Gasteiger partial charge in [0.25, 0.3) is 0 Å². The van der Waals surface area contributed by atoms with Crippen LogP contribution in [0.4, 0.5) is 4.79 Å². The zero-order valence-corrected chi connectivity index (χ0v) is 31.3. The Kier molecular flexibility index (Phi) is 7.83. The highest BCUT2D eigenvalue weighted by atomic mass is 16.6. The van der Waals surface area contributed by atoms with Gasteiger partial charge in [-0.15, -0.1) is 0 Å². The highest BCUT2D eigenvalue weighted by Gasteiger charge is 2.70.